The van der Waals surface area contributed by atoms with Gasteiger partial charge in [-0.15, -0.1) is 0 Å². The van der Waals surface area contributed by atoms with E-state index in [-0.39, 0.29) is 12.2 Å². The Balaban J connectivity index is 2.14. The highest BCUT2D eigenvalue weighted by Crippen LogP contribution is 2.20. The van der Waals surface area contributed by atoms with Gasteiger partial charge in [0, 0.05) is 6.42 Å². The lowest BCUT2D eigenvalue weighted by molar-refractivity contribution is -0.136. The first kappa shape index (κ1) is 12.3. The maximum Gasteiger partial charge on any atom is 0.303 e. The third kappa shape index (κ3) is 3.17. The van der Waals surface area contributed by atoms with E-state index in [1.807, 2.05) is 30.3 Å². The summed E-state index contributed by atoms with van der Waals surface area (Å²) in [6.07, 6.45) is 0.637. The lowest BCUT2D eigenvalue weighted by Crippen LogP contribution is -1.97. The van der Waals surface area contributed by atoms with Gasteiger partial charge in [0.1, 0.15) is 5.82 Å². The van der Waals surface area contributed by atoms with Crippen LogP contribution in [-0.2, 0) is 11.2 Å². The van der Waals surface area contributed by atoms with E-state index >= 15 is 0 Å². The summed E-state index contributed by atoms with van der Waals surface area (Å²) in [5, 5.41) is 8.60. The van der Waals surface area contributed by atoms with Crippen molar-refractivity contribution in [1.29, 1.82) is 0 Å². The molecule has 2 nitrogen and oxygen atoms in total. The number of benzene rings is 2. The van der Waals surface area contributed by atoms with Crippen LogP contribution in [0.25, 0.3) is 11.1 Å². The van der Waals surface area contributed by atoms with Gasteiger partial charge in [-0.2, -0.15) is 0 Å². The molecule has 0 aliphatic rings. The number of hydrogen-bond acceptors (Lipinski definition) is 1. The van der Waals surface area contributed by atoms with Gasteiger partial charge in [0.05, 0.1) is 0 Å². The second kappa shape index (κ2) is 5.45. The molecule has 0 atom stereocenters. The van der Waals surface area contributed by atoms with Crippen molar-refractivity contribution in [3.8, 4) is 11.1 Å². The van der Waals surface area contributed by atoms with Crippen molar-refractivity contribution in [1.82, 2.24) is 0 Å². The van der Waals surface area contributed by atoms with E-state index in [2.05, 4.69) is 0 Å². The second-order valence-corrected chi connectivity index (χ2v) is 4.10. The minimum absolute atomic E-state index is 0.124. The first-order valence-electron chi connectivity index (χ1n) is 5.72. The van der Waals surface area contributed by atoms with Crippen LogP contribution in [0.3, 0.4) is 0 Å². The number of aliphatic carboxylic acids is 1. The Labute approximate surface area is 105 Å². The average Bonchev–Trinajstić information content (AvgIpc) is 2.37. The lowest BCUT2D eigenvalue weighted by Gasteiger charge is -2.04. The molecule has 2 aromatic carbocycles. The van der Waals surface area contributed by atoms with Crippen LogP contribution in [0.15, 0.2) is 48.5 Å². The molecule has 1 N–H and O–H groups in total. The van der Waals surface area contributed by atoms with Crippen molar-refractivity contribution in [2.45, 2.75) is 12.8 Å². The summed E-state index contributed by atoms with van der Waals surface area (Å²) in [5.41, 5.74) is 2.71. The molecule has 2 aromatic rings. The third-order valence-corrected chi connectivity index (χ3v) is 2.74. The summed E-state index contributed by atoms with van der Waals surface area (Å²) in [6, 6.07) is 13.9. The Hall–Kier alpha value is -2.16. The van der Waals surface area contributed by atoms with E-state index in [0.717, 1.165) is 16.7 Å². The molecular formula is C15H13FO2. The van der Waals surface area contributed by atoms with E-state index in [4.69, 9.17) is 5.11 Å². The van der Waals surface area contributed by atoms with Crippen LogP contribution in [0.4, 0.5) is 4.39 Å². The number of carbonyl (C=O) groups is 1. The quantitative estimate of drug-likeness (QED) is 0.893. The SMILES string of the molecule is O=C(O)CCc1ccc(-c2cccc(F)c2)cc1. The fraction of sp³-hybridized carbons (Fsp3) is 0.133. The maximum absolute atomic E-state index is 13.1. The molecule has 0 unspecified atom stereocenters. The minimum atomic E-state index is -0.802. The molecule has 3 heteroatoms. The standard InChI is InChI=1S/C15H13FO2/c16-14-3-1-2-13(10-14)12-7-4-11(5-8-12)6-9-15(17)18/h1-5,7-8,10H,6,9H2,(H,17,18). The largest absolute Gasteiger partial charge is 0.481 e. The van der Waals surface area contributed by atoms with Crippen molar-refractivity contribution >= 4 is 5.97 Å². The van der Waals surface area contributed by atoms with Crippen LogP contribution >= 0.6 is 0 Å². The predicted molar refractivity (Wildman–Crippen MR) is 67.8 cm³/mol. The normalized spacial score (nSPS) is 10.3. The maximum atomic E-state index is 13.1. The van der Waals surface area contributed by atoms with Gasteiger partial charge in [-0.3, -0.25) is 4.79 Å². The Morgan fingerprint density at radius 2 is 1.78 bits per heavy atom. The molecule has 0 spiro atoms. The molecule has 0 amide bonds. The van der Waals surface area contributed by atoms with Crippen LogP contribution < -0.4 is 0 Å². The fourth-order valence-corrected chi connectivity index (χ4v) is 1.78. The highest BCUT2D eigenvalue weighted by Gasteiger charge is 2.01. The van der Waals surface area contributed by atoms with Gasteiger partial charge in [-0.1, -0.05) is 36.4 Å². The van der Waals surface area contributed by atoms with E-state index < -0.39 is 5.97 Å². The summed E-state index contributed by atoms with van der Waals surface area (Å²) in [4.78, 5) is 10.5. The van der Waals surface area contributed by atoms with Crippen molar-refractivity contribution in [2.24, 2.45) is 0 Å². The van der Waals surface area contributed by atoms with Crippen molar-refractivity contribution in [3.63, 3.8) is 0 Å². The number of hydrogen-bond donors (Lipinski definition) is 1. The van der Waals surface area contributed by atoms with Crippen LogP contribution in [0.2, 0.25) is 0 Å². The van der Waals surface area contributed by atoms with Gasteiger partial charge in [-0.25, -0.2) is 4.39 Å². The van der Waals surface area contributed by atoms with Crippen LogP contribution in [0, 0.1) is 5.82 Å². The zero-order chi connectivity index (χ0) is 13.0. The zero-order valence-electron chi connectivity index (χ0n) is 9.77. The molecule has 0 radical (unpaired) electrons. The lowest BCUT2D eigenvalue weighted by atomic mass is 10.0. The Kier molecular flexibility index (Phi) is 3.72. The van der Waals surface area contributed by atoms with Crippen molar-refractivity contribution in [3.05, 3.63) is 59.9 Å². The van der Waals surface area contributed by atoms with Gasteiger partial charge in [0.2, 0.25) is 0 Å². The first-order valence-corrected chi connectivity index (χ1v) is 5.72. The summed E-state index contributed by atoms with van der Waals surface area (Å²) in [7, 11) is 0. The third-order valence-electron chi connectivity index (χ3n) is 2.74. The molecule has 92 valence electrons. The van der Waals surface area contributed by atoms with Crippen LogP contribution in [-0.4, -0.2) is 11.1 Å². The molecule has 0 heterocycles. The number of rotatable bonds is 4. The predicted octanol–water partition coefficient (Wildman–Crippen LogP) is 3.51. The van der Waals surface area contributed by atoms with E-state index in [9.17, 15) is 9.18 Å². The van der Waals surface area contributed by atoms with Crippen LogP contribution in [0.5, 0.6) is 0 Å². The van der Waals surface area contributed by atoms with Crippen LogP contribution in [0.1, 0.15) is 12.0 Å². The van der Waals surface area contributed by atoms with Gasteiger partial charge in [-0.05, 0) is 35.2 Å². The highest BCUT2D eigenvalue weighted by molar-refractivity contribution is 5.67. The molecule has 0 aromatic heterocycles. The molecule has 0 bridgehead atoms. The molecule has 0 aliphatic carbocycles. The average molecular weight is 244 g/mol. The second-order valence-electron chi connectivity index (χ2n) is 4.10. The summed E-state index contributed by atoms with van der Waals surface area (Å²) < 4.78 is 13.1. The van der Waals surface area contributed by atoms with Gasteiger partial charge >= 0.3 is 5.97 Å². The van der Waals surface area contributed by atoms with Gasteiger partial charge in [0.15, 0.2) is 0 Å². The van der Waals surface area contributed by atoms with E-state index in [1.54, 1.807) is 6.07 Å². The van der Waals surface area contributed by atoms with Crippen molar-refractivity contribution < 1.29 is 14.3 Å². The smallest absolute Gasteiger partial charge is 0.303 e. The molecule has 2 rings (SSSR count). The zero-order valence-corrected chi connectivity index (χ0v) is 9.77. The summed E-state index contributed by atoms with van der Waals surface area (Å²) in [6.45, 7) is 0. The molecular weight excluding hydrogens is 231 g/mol. The molecule has 0 saturated heterocycles. The van der Waals surface area contributed by atoms with E-state index in [1.165, 1.54) is 12.1 Å². The molecule has 0 fully saturated rings. The van der Waals surface area contributed by atoms with Crippen molar-refractivity contribution in [2.75, 3.05) is 0 Å². The molecule has 0 saturated carbocycles. The number of carboxylic acid groups (broad SMARTS) is 1. The number of carboxylic acids is 1. The summed E-state index contributed by atoms with van der Waals surface area (Å²) >= 11 is 0. The molecule has 0 aliphatic heterocycles. The van der Waals surface area contributed by atoms with Gasteiger partial charge in [0.25, 0.3) is 0 Å². The monoisotopic (exact) mass is 244 g/mol. The number of halogens is 1. The highest BCUT2D eigenvalue weighted by atomic mass is 19.1. The topological polar surface area (TPSA) is 37.3 Å². The first-order chi connectivity index (χ1) is 8.65. The number of aryl methyl sites for hydroxylation is 1. The van der Waals surface area contributed by atoms with E-state index in [0.29, 0.717) is 6.42 Å². The fourth-order valence-electron chi connectivity index (χ4n) is 1.78. The Morgan fingerprint density at radius 3 is 2.39 bits per heavy atom. The Bertz CT molecular complexity index is 547. The minimum Gasteiger partial charge on any atom is -0.481 e. The van der Waals surface area contributed by atoms with Gasteiger partial charge < -0.3 is 5.11 Å². The molecule has 18 heavy (non-hydrogen) atoms. The Morgan fingerprint density at radius 1 is 1.06 bits per heavy atom. The summed E-state index contributed by atoms with van der Waals surface area (Å²) in [5.74, 6) is -1.06.